The average molecular weight is 453 g/mol. The molecule has 1 aliphatic heterocycles. The molecular weight excluding hydrogens is 430 g/mol. The van der Waals surface area contributed by atoms with Crippen molar-refractivity contribution in [2.75, 3.05) is 6.61 Å². The molecule has 1 aliphatic rings. The van der Waals surface area contributed by atoms with Crippen molar-refractivity contribution in [3.05, 3.63) is 47.0 Å². The standard InChI is InChI=1S/C20H23NO11/c1-5-10-27-19-17(29-12(3)23)16(28-11(2)22)18(30-13(4)24)20(32-19)31-15-8-6-14(7-9-15)21(25)26/h5-9,16-20H,1,10H2,2-4H3/t16-,17+,18+,19-,20+/m0/s1. The molecule has 2 rings (SSSR count). The Morgan fingerprint density at radius 1 is 0.969 bits per heavy atom. The van der Waals surface area contributed by atoms with Crippen LogP contribution >= 0.6 is 0 Å². The molecule has 1 aromatic carbocycles. The van der Waals surface area contributed by atoms with E-state index in [4.69, 9.17) is 28.4 Å². The lowest BCUT2D eigenvalue weighted by Crippen LogP contribution is -2.63. The van der Waals surface area contributed by atoms with Gasteiger partial charge in [0, 0.05) is 32.9 Å². The first-order valence-electron chi connectivity index (χ1n) is 9.43. The van der Waals surface area contributed by atoms with Gasteiger partial charge in [-0.25, -0.2) is 0 Å². The third-order valence-electron chi connectivity index (χ3n) is 4.04. The number of carbonyl (C=O) groups excluding carboxylic acids is 3. The number of carbonyl (C=O) groups is 3. The third kappa shape index (κ3) is 6.75. The number of non-ortho nitro benzene ring substituents is 1. The predicted octanol–water partition coefficient (Wildman–Crippen LogP) is 1.65. The van der Waals surface area contributed by atoms with Crippen LogP contribution in [-0.4, -0.2) is 60.3 Å². The van der Waals surface area contributed by atoms with Crippen molar-refractivity contribution in [3.8, 4) is 5.75 Å². The van der Waals surface area contributed by atoms with Gasteiger partial charge in [-0.15, -0.1) is 6.58 Å². The van der Waals surface area contributed by atoms with Gasteiger partial charge in [-0.05, 0) is 12.1 Å². The fourth-order valence-corrected chi connectivity index (χ4v) is 2.91. The van der Waals surface area contributed by atoms with Crippen LogP contribution in [0.1, 0.15) is 20.8 Å². The van der Waals surface area contributed by atoms with E-state index in [1.54, 1.807) is 0 Å². The number of hydrogen-bond donors (Lipinski definition) is 0. The van der Waals surface area contributed by atoms with E-state index in [1.807, 2.05) is 0 Å². The van der Waals surface area contributed by atoms with Gasteiger partial charge in [-0.3, -0.25) is 24.5 Å². The molecule has 1 aromatic rings. The molecule has 0 N–H and O–H groups in total. The highest BCUT2D eigenvalue weighted by atomic mass is 16.8. The lowest BCUT2D eigenvalue weighted by atomic mass is 10.0. The van der Waals surface area contributed by atoms with Gasteiger partial charge in [0.25, 0.3) is 5.69 Å². The Hall–Kier alpha value is -3.51. The molecule has 12 heteroatoms. The Balaban J connectivity index is 2.42. The van der Waals surface area contributed by atoms with Crippen LogP contribution in [0.4, 0.5) is 5.69 Å². The van der Waals surface area contributed by atoms with Crippen LogP contribution in [0.15, 0.2) is 36.9 Å². The Morgan fingerprint density at radius 2 is 1.47 bits per heavy atom. The molecule has 1 fully saturated rings. The average Bonchev–Trinajstić information content (AvgIpc) is 2.70. The Morgan fingerprint density at radius 3 is 1.94 bits per heavy atom. The van der Waals surface area contributed by atoms with Crippen molar-refractivity contribution in [3.63, 3.8) is 0 Å². The molecule has 0 radical (unpaired) electrons. The molecule has 174 valence electrons. The maximum absolute atomic E-state index is 11.8. The molecule has 0 aromatic heterocycles. The summed E-state index contributed by atoms with van der Waals surface area (Å²) in [7, 11) is 0. The van der Waals surface area contributed by atoms with Crippen molar-refractivity contribution in [2.45, 2.75) is 51.7 Å². The molecule has 5 atom stereocenters. The maximum Gasteiger partial charge on any atom is 0.303 e. The molecule has 12 nitrogen and oxygen atoms in total. The molecule has 1 saturated heterocycles. The summed E-state index contributed by atoms with van der Waals surface area (Å²) in [6.07, 6.45) is -5.24. The monoisotopic (exact) mass is 453 g/mol. The highest BCUT2D eigenvalue weighted by molar-refractivity contribution is 5.68. The van der Waals surface area contributed by atoms with Gasteiger partial charge in [-0.1, -0.05) is 6.08 Å². The molecule has 0 saturated carbocycles. The SMILES string of the molecule is C=CCO[C@H]1O[C@@H](Oc2ccc([N+](=O)[O-])cc2)[C@H](OC(C)=O)[C@@H](OC(C)=O)[C@H]1OC(C)=O. The van der Waals surface area contributed by atoms with Gasteiger partial charge in [0.15, 0.2) is 12.2 Å². The lowest BCUT2D eigenvalue weighted by molar-refractivity contribution is -0.384. The van der Waals surface area contributed by atoms with Gasteiger partial charge in [0.1, 0.15) is 5.75 Å². The summed E-state index contributed by atoms with van der Waals surface area (Å²) < 4.78 is 32.8. The van der Waals surface area contributed by atoms with Crippen LogP contribution in [0.5, 0.6) is 5.75 Å². The highest BCUT2D eigenvalue weighted by Gasteiger charge is 2.53. The lowest BCUT2D eigenvalue weighted by Gasteiger charge is -2.43. The first-order valence-corrected chi connectivity index (χ1v) is 9.43. The van der Waals surface area contributed by atoms with Gasteiger partial charge >= 0.3 is 17.9 Å². The van der Waals surface area contributed by atoms with Crippen molar-refractivity contribution in [1.29, 1.82) is 0 Å². The van der Waals surface area contributed by atoms with Gasteiger partial charge in [0.05, 0.1) is 11.5 Å². The van der Waals surface area contributed by atoms with Crippen molar-refractivity contribution >= 4 is 23.6 Å². The Bertz CT molecular complexity index is 854. The quantitative estimate of drug-likeness (QED) is 0.176. The summed E-state index contributed by atoms with van der Waals surface area (Å²) in [5, 5.41) is 10.9. The van der Waals surface area contributed by atoms with E-state index >= 15 is 0 Å². The van der Waals surface area contributed by atoms with Crippen LogP contribution in [-0.2, 0) is 38.1 Å². The molecular formula is C20H23NO11. The van der Waals surface area contributed by atoms with E-state index in [2.05, 4.69) is 6.58 Å². The van der Waals surface area contributed by atoms with Crippen LogP contribution in [0.25, 0.3) is 0 Å². The topological polar surface area (TPSA) is 150 Å². The second-order valence-electron chi connectivity index (χ2n) is 6.59. The molecule has 32 heavy (non-hydrogen) atoms. The number of hydrogen-bond acceptors (Lipinski definition) is 11. The number of nitro groups is 1. The van der Waals surface area contributed by atoms with E-state index in [1.165, 1.54) is 30.3 Å². The van der Waals surface area contributed by atoms with Gasteiger partial charge in [0.2, 0.25) is 18.7 Å². The Kier molecular flexibility index (Phi) is 8.67. The van der Waals surface area contributed by atoms with Crippen LogP contribution in [0.3, 0.4) is 0 Å². The minimum absolute atomic E-state index is 0.0162. The molecule has 0 unspecified atom stereocenters. The smallest absolute Gasteiger partial charge is 0.303 e. The fourth-order valence-electron chi connectivity index (χ4n) is 2.91. The number of ether oxygens (including phenoxy) is 6. The van der Waals surface area contributed by atoms with E-state index in [9.17, 15) is 24.5 Å². The fraction of sp³-hybridized carbons (Fsp3) is 0.450. The second-order valence-corrected chi connectivity index (χ2v) is 6.59. The molecule has 0 aliphatic carbocycles. The maximum atomic E-state index is 11.8. The number of nitro benzene ring substituents is 1. The summed E-state index contributed by atoms with van der Waals surface area (Å²) in [6.45, 7) is 6.89. The highest BCUT2D eigenvalue weighted by Crippen LogP contribution is 2.31. The zero-order chi connectivity index (χ0) is 23.8. The normalized spacial score (nSPS) is 24.7. The van der Waals surface area contributed by atoms with Gasteiger partial charge < -0.3 is 28.4 Å². The summed E-state index contributed by atoms with van der Waals surface area (Å²) >= 11 is 0. The first-order chi connectivity index (χ1) is 15.1. The number of nitrogens with zero attached hydrogens (tertiary/aromatic N) is 1. The summed E-state index contributed by atoms with van der Waals surface area (Å²) in [5.74, 6) is -2.09. The summed E-state index contributed by atoms with van der Waals surface area (Å²) in [4.78, 5) is 45.4. The molecule has 0 amide bonds. The van der Waals surface area contributed by atoms with Crippen LogP contribution in [0.2, 0.25) is 0 Å². The van der Waals surface area contributed by atoms with Crippen LogP contribution < -0.4 is 4.74 Å². The number of rotatable bonds is 9. The van der Waals surface area contributed by atoms with Crippen molar-refractivity contribution in [2.24, 2.45) is 0 Å². The Labute approximate surface area is 183 Å². The van der Waals surface area contributed by atoms with E-state index in [0.29, 0.717) is 0 Å². The van der Waals surface area contributed by atoms with Crippen molar-refractivity contribution in [1.82, 2.24) is 0 Å². The second kappa shape index (κ2) is 11.2. The summed E-state index contributed by atoms with van der Waals surface area (Å²) in [5.41, 5.74) is -0.168. The van der Waals surface area contributed by atoms with Crippen molar-refractivity contribution < 1.29 is 47.7 Å². The minimum Gasteiger partial charge on any atom is -0.461 e. The van der Waals surface area contributed by atoms with Gasteiger partial charge in [-0.2, -0.15) is 0 Å². The zero-order valence-electron chi connectivity index (χ0n) is 17.6. The molecule has 0 bridgehead atoms. The third-order valence-corrected chi connectivity index (χ3v) is 4.04. The molecule has 1 heterocycles. The predicted molar refractivity (Wildman–Crippen MR) is 105 cm³/mol. The minimum atomic E-state index is -1.38. The molecule has 0 spiro atoms. The van der Waals surface area contributed by atoms with E-state index < -0.39 is 53.7 Å². The number of esters is 3. The largest absolute Gasteiger partial charge is 0.461 e. The number of benzene rings is 1. The summed E-state index contributed by atoms with van der Waals surface area (Å²) in [6, 6.07) is 5.03. The van der Waals surface area contributed by atoms with E-state index in [0.717, 1.165) is 20.8 Å². The van der Waals surface area contributed by atoms with Crippen LogP contribution in [0, 0.1) is 10.1 Å². The van der Waals surface area contributed by atoms with E-state index in [-0.39, 0.29) is 18.0 Å². The first kappa shape index (κ1) is 24.8. The zero-order valence-corrected chi connectivity index (χ0v) is 17.6.